The van der Waals surface area contributed by atoms with E-state index >= 15 is 0 Å². The summed E-state index contributed by atoms with van der Waals surface area (Å²) in [7, 11) is 0. The summed E-state index contributed by atoms with van der Waals surface area (Å²) < 4.78 is 43.8. The Morgan fingerprint density at radius 3 is 2.85 bits per heavy atom. The summed E-state index contributed by atoms with van der Waals surface area (Å²) >= 11 is 0. The minimum Gasteiger partial charge on any atom is -0.485 e. The molecule has 1 N–H and O–H groups in total. The highest BCUT2D eigenvalue weighted by molar-refractivity contribution is 5.90. The van der Waals surface area contributed by atoms with E-state index in [0.717, 1.165) is 24.4 Å². The summed E-state index contributed by atoms with van der Waals surface area (Å²) in [4.78, 5) is 14.6. The van der Waals surface area contributed by atoms with E-state index in [1.165, 1.54) is 6.20 Å². The van der Waals surface area contributed by atoms with Gasteiger partial charge in [0.2, 0.25) is 0 Å². The SMILES string of the molecule is O=C(O)c1cc(F)ccc1OCc1nccn1C(F)F. The van der Waals surface area contributed by atoms with Gasteiger partial charge in [0.15, 0.2) is 5.82 Å². The highest BCUT2D eigenvalue weighted by Crippen LogP contribution is 2.21. The molecular weight excluding hydrogens is 277 g/mol. The molecule has 106 valence electrons. The van der Waals surface area contributed by atoms with Crippen LogP contribution in [0.5, 0.6) is 5.75 Å². The monoisotopic (exact) mass is 286 g/mol. The number of nitrogens with zero attached hydrogens (tertiary/aromatic N) is 2. The maximum Gasteiger partial charge on any atom is 0.339 e. The van der Waals surface area contributed by atoms with E-state index in [9.17, 15) is 18.0 Å². The second-order valence-electron chi connectivity index (χ2n) is 3.76. The van der Waals surface area contributed by atoms with Crippen molar-refractivity contribution in [2.75, 3.05) is 0 Å². The highest BCUT2D eigenvalue weighted by atomic mass is 19.3. The lowest BCUT2D eigenvalue weighted by atomic mass is 10.2. The molecule has 0 spiro atoms. The largest absolute Gasteiger partial charge is 0.485 e. The van der Waals surface area contributed by atoms with Crippen molar-refractivity contribution in [2.24, 2.45) is 0 Å². The molecule has 0 amide bonds. The first-order valence-electron chi connectivity index (χ1n) is 5.44. The molecule has 20 heavy (non-hydrogen) atoms. The number of alkyl halides is 2. The first-order chi connectivity index (χ1) is 9.49. The van der Waals surface area contributed by atoms with E-state index < -0.39 is 18.3 Å². The molecule has 0 unspecified atom stereocenters. The fourth-order valence-electron chi connectivity index (χ4n) is 1.57. The second-order valence-corrected chi connectivity index (χ2v) is 3.76. The second kappa shape index (κ2) is 5.64. The van der Waals surface area contributed by atoms with Crippen LogP contribution in [0.15, 0.2) is 30.6 Å². The van der Waals surface area contributed by atoms with Gasteiger partial charge in [0, 0.05) is 12.4 Å². The average molecular weight is 286 g/mol. The van der Waals surface area contributed by atoms with E-state index in [4.69, 9.17) is 9.84 Å². The third-order valence-corrected chi connectivity index (χ3v) is 2.49. The normalized spacial score (nSPS) is 10.8. The Balaban J connectivity index is 2.19. The van der Waals surface area contributed by atoms with E-state index in [0.29, 0.717) is 4.57 Å². The Hall–Kier alpha value is -2.51. The topological polar surface area (TPSA) is 64.3 Å². The van der Waals surface area contributed by atoms with E-state index in [1.54, 1.807) is 0 Å². The predicted octanol–water partition coefficient (Wildman–Crippen LogP) is 2.69. The van der Waals surface area contributed by atoms with Gasteiger partial charge in [-0.3, -0.25) is 4.57 Å². The van der Waals surface area contributed by atoms with Crippen LogP contribution in [-0.2, 0) is 6.61 Å². The van der Waals surface area contributed by atoms with Crippen LogP contribution in [0.1, 0.15) is 22.7 Å². The summed E-state index contributed by atoms with van der Waals surface area (Å²) in [5.74, 6) is -2.30. The first kappa shape index (κ1) is 13.9. The van der Waals surface area contributed by atoms with Gasteiger partial charge in [-0.1, -0.05) is 0 Å². The molecular formula is C12H9F3N2O3. The van der Waals surface area contributed by atoms with Crippen LogP contribution >= 0.6 is 0 Å². The van der Waals surface area contributed by atoms with Gasteiger partial charge in [-0.05, 0) is 18.2 Å². The van der Waals surface area contributed by atoms with E-state index in [2.05, 4.69) is 4.98 Å². The van der Waals surface area contributed by atoms with Crippen LogP contribution in [-0.4, -0.2) is 20.6 Å². The molecule has 0 saturated heterocycles. The van der Waals surface area contributed by atoms with Crippen LogP contribution in [0.4, 0.5) is 13.2 Å². The number of imidazole rings is 1. The molecule has 0 bridgehead atoms. The molecule has 0 radical (unpaired) electrons. The smallest absolute Gasteiger partial charge is 0.339 e. The van der Waals surface area contributed by atoms with Crippen molar-refractivity contribution in [3.8, 4) is 5.75 Å². The standard InChI is InChI=1S/C12H9F3N2O3/c13-7-1-2-9(8(5-7)11(18)19)20-6-10-16-3-4-17(10)12(14)15/h1-5,12H,6H2,(H,18,19). The lowest BCUT2D eigenvalue weighted by Gasteiger charge is -2.10. The van der Waals surface area contributed by atoms with Crippen molar-refractivity contribution in [3.63, 3.8) is 0 Å². The van der Waals surface area contributed by atoms with Crippen molar-refractivity contribution in [3.05, 3.63) is 47.8 Å². The van der Waals surface area contributed by atoms with Gasteiger partial charge in [-0.15, -0.1) is 0 Å². The first-order valence-corrected chi connectivity index (χ1v) is 5.44. The zero-order valence-corrected chi connectivity index (χ0v) is 9.96. The third-order valence-electron chi connectivity index (χ3n) is 2.49. The molecule has 2 aromatic rings. The summed E-state index contributed by atoms with van der Waals surface area (Å²) in [5.41, 5.74) is -0.389. The number of hydrogen-bond donors (Lipinski definition) is 1. The van der Waals surface area contributed by atoms with Crippen LogP contribution in [0.25, 0.3) is 0 Å². The molecule has 8 heteroatoms. The van der Waals surface area contributed by atoms with Crippen molar-refractivity contribution in [1.82, 2.24) is 9.55 Å². The van der Waals surface area contributed by atoms with E-state index in [-0.39, 0.29) is 23.7 Å². The number of carboxylic acid groups (broad SMARTS) is 1. The molecule has 1 aromatic carbocycles. The predicted molar refractivity (Wildman–Crippen MR) is 61.2 cm³/mol. The van der Waals surface area contributed by atoms with Gasteiger partial charge in [0.25, 0.3) is 0 Å². The molecule has 0 aliphatic rings. The van der Waals surface area contributed by atoms with Gasteiger partial charge in [-0.25, -0.2) is 14.2 Å². The Labute approximate surface area is 111 Å². The molecule has 0 fully saturated rings. The number of carbonyl (C=O) groups is 1. The van der Waals surface area contributed by atoms with Crippen LogP contribution in [0.3, 0.4) is 0 Å². The quantitative estimate of drug-likeness (QED) is 0.917. The molecule has 0 saturated carbocycles. The fourth-order valence-corrected chi connectivity index (χ4v) is 1.57. The van der Waals surface area contributed by atoms with Crippen molar-refractivity contribution in [2.45, 2.75) is 13.2 Å². The molecule has 5 nitrogen and oxygen atoms in total. The summed E-state index contributed by atoms with van der Waals surface area (Å²) in [6.45, 7) is -3.13. The van der Waals surface area contributed by atoms with Gasteiger partial charge >= 0.3 is 12.5 Å². The summed E-state index contributed by atoms with van der Waals surface area (Å²) in [6, 6.07) is 2.92. The van der Waals surface area contributed by atoms with Gasteiger partial charge in [0.05, 0.1) is 0 Å². The molecule has 2 rings (SSSR count). The molecule has 1 aromatic heterocycles. The Morgan fingerprint density at radius 1 is 1.45 bits per heavy atom. The minimum absolute atomic E-state index is 0.0688. The number of hydrogen-bond acceptors (Lipinski definition) is 3. The highest BCUT2D eigenvalue weighted by Gasteiger charge is 2.15. The fraction of sp³-hybridized carbons (Fsp3) is 0.167. The van der Waals surface area contributed by atoms with Crippen LogP contribution in [0, 0.1) is 5.82 Å². The minimum atomic E-state index is -2.77. The van der Waals surface area contributed by atoms with Gasteiger partial charge < -0.3 is 9.84 Å². The Bertz CT molecular complexity index is 628. The number of benzene rings is 1. The average Bonchev–Trinajstić information content (AvgIpc) is 2.85. The number of rotatable bonds is 5. The lowest BCUT2D eigenvalue weighted by Crippen LogP contribution is -2.09. The summed E-state index contributed by atoms with van der Waals surface area (Å²) in [6.07, 6.45) is 2.25. The van der Waals surface area contributed by atoms with Crippen molar-refractivity contribution < 1.29 is 27.8 Å². The van der Waals surface area contributed by atoms with Crippen molar-refractivity contribution in [1.29, 1.82) is 0 Å². The number of carboxylic acids is 1. The lowest BCUT2D eigenvalue weighted by molar-refractivity contribution is 0.0623. The van der Waals surface area contributed by atoms with Gasteiger partial charge in [0.1, 0.15) is 23.7 Å². The number of halogens is 3. The zero-order chi connectivity index (χ0) is 14.7. The van der Waals surface area contributed by atoms with Gasteiger partial charge in [-0.2, -0.15) is 8.78 Å². The Morgan fingerprint density at radius 2 is 2.20 bits per heavy atom. The number of aromatic carboxylic acids is 1. The summed E-state index contributed by atoms with van der Waals surface area (Å²) in [5, 5.41) is 8.90. The molecule has 1 heterocycles. The maximum absolute atomic E-state index is 13.0. The van der Waals surface area contributed by atoms with Crippen molar-refractivity contribution >= 4 is 5.97 Å². The molecule has 0 aliphatic carbocycles. The Kier molecular flexibility index (Phi) is 3.92. The van der Waals surface area contributed by atoms with E-state index in [1.807, 2.05) is 0 Å². The van der Waals surface area contributed by atoms with Crippen LogP contribution < -0.4 is 4.74 Å². The van der Waals surface area contributed by atoms with Crippen LogP contribution in [0.2, 0.25) is 0 Å². The number of ether oxygens (including phenoxy) is 1. The zero-order valence-electron chi connectivity index (χ0n) is 9.96. The number of aromatic nitrogens is 2. The molecule has 0 aliphatic heterocycles. The third kappa shape index (κ3) is 2.90. The maximum atomic E-state index is 13.0. The molecule has 0 atom stereocenters.